The molecular weight excluding hydrogens is 302 g/mol. The minimum Gasteiger partial charge on any atom is -0.311 e. The molecule has 0 unspecified atom stereocenters. The Hall–Kier alpha value is -1.26. The Bertz CT molecular complexity index is 582. The molecule has 0 saturated carbocycles. The highest BCUT2D eigenvalue weighted by atomic mass is 79.9. The van der Waals surface area contributed by atoms with Gasteiger partial charge in [-0.25, -0.2) is 9.97 Å². The van der Waals surface area contributed by atoms with Crippen LogP contribution in [-0.2, 0) is 6.54 Å². The minimum atomic E-state index is 0.778. The Morgan fingerprint density at radius 2 is 1.95 bits per heavy atom. The van der Waals surface area contributed by atoms with E-state index in [1.165, 1.54) is 5.56 Å². The molecule has 0 bridgehead atoms. The van der Waals surface area contributed by atoms with E-state index in [9.17, 15) is 0 Å². The summed E-state index contributed by atoms with van der Waals surface area (Å²) in [6.45, 7) is 7.88. The second-order valence-corrected chi connectivity index (χ2v) is 5.42. The zero-order valence-electron chi connectivity index (χ0n) is 11.5. The second-order valence-electron chi connectivity index (χ2n) is 4.57. The third-order valence-corrected chi connectivity index (χ3v) is 3.75. The number of nitrogens with one attached hydrogen (secondary N) is 1. The van der Waals surface area contributed by atoms with Crippen molar-refractivity contribution in [3.05, 3.63) is 45.7 Å². The van der Waals surface area contributed by atoms with E-state index >= 15 is 0 Å². The first kappa shape index (κ1) is 14.2. The van der Waals surface area contributed by atoms with Crippen LogP contribution in [0.25, 0.3) is 11.4 Å². The molecule has 0 aliphatic rings. The molecular formula is C15H18BrN3. The standard InChI is InChI=1S/C15H18BrN3/c1-4-17-9-13-7-11(3)18-15(19-13)12-6-5-10(2)14(16)8-12/h5-8,17H,4,9H2,1-3H3. The highest BCUT2D eigenvalue weighted by molar-refractivity contribution is 9.10. The van der Waals surface area contributed by atoms with E-state index in [1.807, 2.05) is 13.0 Å². The third-order valence-electron chi connectivity index (χ3n) is 2.89. The molecule has 0 aliphatic carbocycles. The Balaban J connectivity index is 2.37. The number of nitrogens with zero attached hydrogens (tertiary/aromatic N) is 2. The van der Waals surface area contributed by atoms with E-state index in [1.54, 1.807) is 0 Å². The summed E-state index contributed by atoms with van der Waals surface area (Å²) in [5, 5.41) is 3.29. The molecule has 0 atom stereocenters. The van der Waals surface area contributed by atoms with Crippen LogP contribution < -0.4 is 5.32 Å². The summed E-state index contributed by atoms with van der Waals surface area (Å²) in [6, 6.07) is 8.23. The highest BCUT2D eigenvalue weighted by Gasteiger charge is 2.06. The molecule has 1 aromatic heterocycles. The first-order valence-electron chi connectivity index (χ1n) is 6.42. The zero-order chi connectivity index (χ0) is 13.8. The predicted octanol–water partition coefficient (Wildman–Crippen LogP) is 3.63. The number of halogens is 1. The Morgan fingerprint density at radius 1 is 1.16 bits per heavy atom. The SMILES string of the molecule is CCNCc1cc(C)nc(-c2ccc(C)c(Br)c2)n1. The average molecular weight is 320 g/mol. The fraction of sp³-hybridized carbons (Fsp3) is 0.333. The topological polar surface area (TPSA) is 37.8 Å². The van der Waals surface area contributed by atoms with Crippen molar-refractivity contribution in [3.8, 4) is 11.4 Å². The molecule has 1 N–H and O–H groups in total. The van der Waals surface area contributed by atoms with Crippen LogP contribution in [-0.4, -0.2) is 16.5 Å². The Labute approximate surface area is 122 Å². The maximum absolute atomic E-state index is 4.62. The first-order valence-corrected chi connectivity index (χ1v) is 7.21. The molecule has 2 rings (SSSR count). The van der Waals surface area contributed by atoms with Crippen LogP contribution in [0.4, 0.5) is 0 Å². The molecule has 100 valence electrons. The largest absolute Gasteiger partial charge is 0.311 e. The van der Waals surface area contributed by atoms with Gasteiger partial charge in [-0.3, -0.25) is 0 Å². The van der Waals surface area contributed by atoms with E-state index in [2.05, 4.69) is 63.3 Å². The van der Waals surface area contributed by atoms with E-state index in [-0.39, 0.29) is 0 Å². The van der Waals surface area contributed by atoms with Crippen LogP contribution >= 0.6 is 15.9 Å². The van der Waals surface area contributed by atoms with Gasteiger partial charge < -0.3 is 5.32 Å². The average Bonchev–Trinajstić information content (AvgIpc) is 2.39. The summed E-state index contributed by atoms with van der Waals surface area (Å²) in [4.78, 5) is 9.14. The molecule has 3 nitrogen and oxygen atoms in total. The van der Waals surface area contributed by atoms with Crippen molar-refractivity contribution < 1.29 is 0 Å². The van der Waals surface area contributed by atoms with E-state index in [0.717, 1.165) is 40.3 Å². The van der Waals surface area contributed by atoms with Gasteiger partial charge in [0.2, 0.25) is 0 Å². The summed E-state index contributed by atoms with van der Waals surface area (Å²) in [6.07, 6.45) is 0. The van der Waals surface area contributed by atoms with Gasteiger partial charge in [-0.2, -0.15) is 0 Å². The summed E-state index contributed by atoms with van der Waals surface area (Å²) in [5.41, 5.74) is 4.28. The van der Waals surface area contributed by atoms with Gasteiger partial charge >= 0.3 is 0 Å². The van der Waals surface area contributed by atoms with Gasteiger partial charge in [0.05, 0.1) is 5.69 Å². The molecule has 0 amide bonds. The normalized spacial score (nSPS) is 10.7. The van der Waals surface area contributed by atoms with E-state index in [0.29, 0.717) is 0 Å². The lowest BCUT2D eigenvalue weighted by Gasteiger charge is -2.08. The number of benzene rings is 1. The first-order chi connectivity index (χ1) is 9.10. The van der Waals surface area contributed by atoms with Gasteiger partial charge in [0.25, 0.3) is 0 Å². The van der Waals surface area contributed by atoms with Gasteiger partial charge in [-0.05, 0) is 38.1 Å². The summed E-state index contributed by atoms with van der Waals surface area (Å²) in [5.74, 6) is 0.786. The van der Waals surface area contributed by atoms with Crippen LogP contribution in [0.5, 0.6) is 0 Å². The van der Waals surface area contributed by atoms with Gasteiger partial charge in [-0.15, -0.1) is 0 Å². The van der Waals surface area contributed by atoms with Gasteiger partial charge in [0.15, 0.2) is 5.82 Å². The van der Waals surface area contributed by atoms with Crippen molar-refractivity contribution in [2.45, 2.75) is 27.3 Å². The Morgan fingerprint density at radius 3 is 2.63 bits per heavy atom. The van der Waals surface area contributed by atoms with E-state index < -0.39 is 0 Å². The third kappa shape index (κ3) is 3.61. The van der Waals surface area contributed by atoms with Gasteiger partial charge in [-0.1, -0.05) is 35.0 Å². The molecule has 0 saturated heterocycles. The minimum absolute atomic E-state index is 0.778. The molecule has 0 fully saturated rings. The van der Waals surface area contributed by atoms with Crippen LogP contribution in [0, 0.1) is 13.8 Å². The monoisotopic (exact) mass is 319 g/mol. The van der Waals surface area contributed by atoms with E-state index in [4.69, 9.17) is 0 Å². The van der Waals surface area contributed by atoms with Crippen molar-refractivity contribution in [3.63, 3.8) is 0 Å². The van der Waals surface area contributed by atoms with Crippen LogP contribution in [0.15, 0.2) is 28.7 Å². The second kappa shape index (κ2) is 6.26. The van der Waals surface area contributed by atoms with Crippen LogP contribution in [0.2, 0.25) is 0 Å². The number of hydrogen-bond donors (Lipinski definition) is 1. The predicted molar refractivity (Wildman–Crippen MR) is 82.0 cm³/mol. The maximum atomic E-state index is 4.62. The molecule has 2 aromatic rings. The molecule has 4 heteroatoms. The fourth-order valence-corrected chi connectivity index (χ4v) is 2.22. The molecule has 0 aliphatic heterocycles. The van der Waals surface area contributed by atoms with Crippen molar-refractivity contribution >= 4 is 15.9 Å². The number of hydrogen-bond acceptors (Lipinski definition) is 3. The van der Waals surface area contributed by atoms with Gasteiger partial charge in [0, 0.05) is 22.3 Å². The summed E-state index contributed by atoms with van der Waals surface area (Å²) in [7, 11) is 0. The number of rotatable bonds is 4. The lowest BCUT2D eigenvalue weighted by atomic mass is 10.1. The maximum Gasteiger partial charge on any atom is 0.159 e. The van der Waals surface area contributed by atoms with Crippen LogP contribution in [0.1, 0.15) is 23.9 Å². The lowest BCUT2D eigenvalue weighted by Crippen LogP contribution is -2.13. The number of aromatic nitrogens is 2. The summed E-state index contributed by atoms with van der Waals surface area (Å²) >= 11 is 3.55. The molecule has 0 spiro atoms. The van der Waals surface area contributed by atoms with Crippen molar-refractivity contribution in [1.29, 1.82) is 0 Å². The fourth-order valence-electron chi connectivity index (χ4n) is 1.84. The van der Waals surface area contributed by atoms with Crippen molar-refractivity contribution in [2.24, 2.45) is 0 Å². The molecule has 19 heavy (non-hydrogen) atoms. The van der Waals surface area contributed by atoms with Crippen molar-refractivity contribution in [2.75, 3.05) is 6.54 Å². The highest BCUT2D eigenvalue weighted by Crippen LogP contribution is 2.23. The lowest BCUT2D eigenvalue weighted by molar-refractivity contribution is 0.708. The van der Waals surface area contributed by atoms with Gasteiger partial charge in [0.1, 0.15) is 0 Å². The zero-order valence-corrected chi connectivity index (χ0v) is 13.1. The molecule has 1 heterocycles. The summed E-state index contributed by atoms with van der Waals surface area (Å²) < 4.78 is 1.09. The number of aryl methyl sites for hydroxylation is 2. The van der Waals surface area contributed by atoms with Crippen molar-refractivity contribution in [1.82, 2.24) is 15.3 Å². The Kier molecular flexibility index (Phi) is 4.66. The quantitative estimate of drug-likeness (QED) is 0.935. The molecule has 0 radical (unpaired) electrons. The van der Waals surface area contributed by atoms with Crippen LogP contribution in [0.3, 0.4) is 0 Å². The smallest absolute Gasteiger partial charge is 0.159 e. The molecule has 1 aromatic carbocycles.